The zero-order chi connectivity index (χ0) is 16.2. The smallest absolute Gasteiger partial charge is 0.269 e. The summed E-state index contributed by atoms with van der Waals surface area (Å²) in [6.45, 7) is 0.550. The molecule has 2 aromatic heterocycles. The summed E-state index contributed by atoms with van der Waals surface area (Å²) < 4.78 is 1.71. The van der Waals surface area contributed by atoms with Gasteiger partial charge in [-0.1, -0.05) is 6.07 Å². The van der Waals surface area contributed by atoms with Gasteiger partial charge in [0.05, 0.1) is 5.69 Å². The predicted octanol–water partition coefficient (Wildman–Crippen LogP) is 1.94. The fourth-order valence-electron chi connectivity index (χ4n) is 3.20. The first kappa shape index (κ1) is 16.2. The second kappa shape index (κ2) is 7.27. The molecule has 2 heterocycles. The van der Waals surface area contributed by atoms with Crippen LogP contribution < -0.4 is 5.32 Å². The molecular weight excluding hydrogens is 310 g/mol. The van der Waals surface area contributed by atoms with Crippen LogP contribution in [-0.2, 0) is 26.3 Å². The summed E-state index contributed by atoms with van der Waals surface area (Å²) in [5.74, 6) is -0.0329. The van der Waals surface area contributed by atoms with Gasteiger partial charge in [-0.2, -0.15) is 5.10 Å². The lowest BCUT2D eigenvalue weighted by Crippen LogP contribution is -2.33. The van der Waals surface area contributed by atoms with Gasteiger partial charge in [0.1, 0.15) is 5.69 Å². The first-order chi connectivity index (χ1) is 11.2. The molecule has 0 saturated heterocycles. The summed E-state index contributed by atoms with van der Waals surface area (Å²) in [4.78, 5) is 13.8. The Morgan fingerprint density at radius 1 is 1.48 bits per heavy atom. The minimum absolute atomic E-state index is 0.0432. The van der Waals surface area contributed by atoms with Gasteiger partial charge in [0, 0.05) is 36.6 Å². The van der Waals surface area contributed by atoms with E-state index in [1.54, 1.807) is 16.0 Å². The van der Waals surface area contributed by atoms with Crippen LogP contribution in [-0.4, -0.2) is 33.9 Å². The van der Waals surface area contributed by atoms with E-state index >= 15 is 0 Å². The molecular formula is C17H23N3O2S. The van der Waals surface area contributed by atoms with Crippen LogP contribution in [0.3, 0.4) is 0 Å². The monoisotopic (exact) mass is 333 g/mol. The molecule has 2 N–H and O–H groups in total. The van der Waals surface area contributed by atoms with Gasteiger partial charge in [-0.3, -0.25) is 9.48 Å². The largest absolute Gasteiger partial charge is 0.396 e. The van der Waals surface area contributed by atoms with E-state index < -0.39 is 0 Å². The summed E-state index contributed by atoms with van der Waals surface area (Å²) in [6.07, 6.45) is 4.96. The Hall–Kier alpha value is -1.66. The molecule has 5 nitrogen and oxygen atoms in total. The zero-order valence-corrected chi connectivity index (χ0v) is 14.2. The molecule has 3 rings (SSSR count). The van der Waals surface area contributed by atoms with Crippen molar-refractivity contribution in [2.45, 2.75) is 32.1 Å². The van der Waals surface area contributed by atoms with Gasteiger partial charge in [0.15, 0.2) is 0 Å². The number of hydrogen-bond acceptors (Lipinski definition) is 4. The summed E-state index contributed by atoms with van der Waals surface area (Å²) >= 11 is 1.68. The van der Waals surface area contributed by atoms with Gasteiger partial charge < -0.3 is 10.4 Å². The van der Waals surface area contributed by atoms with Gasteiger partial charge in [-0.15, -0.1) is 11.3 Å². The number of thiophene rings is 1. The molecule has 1 aliphatic rings. The van der Waals surface area contributed by atoms with Crippen molar-refractivity contribution in [1.29, 1.82) is 0 Å². The van der Waals surface area contributed by atoms with Crippen LogP contribution in [0.2, 0.25) is 0 Å². The van der Waals surface area contributed by atoms with E-state index in [0.717, 1.165) is 43.4 Å². The number of nitrogens with zero attached hydrogens (tertiary/aromatic N) is 2. The lowest BCUT2D eigenvalue weighted by molar-refractivity contribution is 0.0929. The number of aryl methyl sites for hydroxylation is 2. The highest BCUT2D eigenvalue weighted by molar-refractivity contribution is 7.09. The molecule has 1 amide bonds. The van der Waals surface area contributed by atoms with Gasteiger partial charge in [-0.05, 0) is 43.6 Å². The minimum atomic E-state index is -0.0761. The molecule has 0 aliphatic heterocycles. The molecule has 0 saturated carbocycles. The lowest BCUT2D eigenvalue weighted by atomic mass is 9.95. The van der Waals surface area contributed by atoms with Crippen LogP contribution in [0.4, 0.5) is 0 Å². The molecule has 23 heavy (non-hydrogen) atoms. The van der Waals surface area contributed by atoms with Crippen LogP contribution in [0.25, 0.3) is 0 Å². The number of carbonyl (C=O) groups is 1. The highest BCUT2D eigenvalue weighted by Gasteiger charge is 2.24. The number of carbonyl (C=O) groups excluding carboxylic acids is 1. The molecule has 124 valence electrons. The highest BCUT2D eigenvalue weighted by atomic mass is 32.1. The molecule has 0 fully saturated rings. The number of nitrogens with one attached hydrogen (secondary N) is 1. The molecule has 0 bridgehead atoms. The van der Waals surface area contributed by atoms with Crippen molar-refractivity contribution >= 4 is 17.2 Å². The van der Waals surface area contributed by atoms with E-state index in [4.69, 9.17) is 0 Å². The molecule has 0 spiro atoms. The van der Waals surface area contributed by atoms with Crippen LogP contribution in [0.1, 0.15) is 39.5 Å². The molecule has 1 aliphatic carbocycles. The number of amides is 1. The van der Waals surface area contributed by atoms with E-state index in [-0.39, 0.29) is 18.4 Å². The highest BCUT2D eigenvalue weighted by Crippen LogP contribution is 2.23. The van der Waals surface area contributed by atoms with E-state index in [1.807, 2.05) is 18.5 Å². The average Bonchev–Trinajstić information content (AvgIpc) is 3.17. The van der Waals surface area contributed by atoms with Crippen LogP contribution in [0.15, 0.2) is 17.5 Å². The summed E-state index contributed by atoms with van der Waals surface area (Å²) in [6, 6.07) is 4.07. The van der Waals surface area contributed by atoms with Crippen molar-refractivity contribution in [2.24, 2.45) is 13.0 Å². The fraction of sp³-hybridized carbons (Fsp3) is 0.529. The van der Waals surface area contributed by atoms with Crippen molar-refractivity contribution in [2.75, 3.05) is 13.2 Å². The summed E-state index contributed by atoms with van der Waals surface area (Å²) in [5, 5.41) is 19.1. The van der Waals surface area contributed by atoms with Gasteiger partial charge >= 0.3 is 0 Å². The van der Waals surface area contributed by atoms with E-state index in [2.05, 4.69) is 16.5 Å². The Bertz CT molecular complexity index is 664. The van der Waals surface area contributed by atoms with E-state index in [9.17, 15) is 9.90 Å². The lowest BCUT2D eigenvalue weighted by Gasteiger charge is -2.15. The second-order valence-electron chi connectivity index (χ2n) is 6.15. The number of rotatable bonds is 6. The number of aliphatic hydroxyl groups excluding tert-OH is 1. The predicted molar refractivity (Wildman–Crippen MR) is 90.8 cm³/mol. The summed E-state index contributed by atoms with van der Waals surface area (Å²) in [7, 11) is 1.84. The average molecular weight is 333 g/mol. The zero-order valence-electron chi connectivity index (χ0n) is 13.4. The maximum absolute atomic E-state index is 12.6. The number of hydrogen-bond donors (Lipinski definition) is 2. The van der Waals surface area contributed by atoms with Crippen molar-refractivity contribution in [3.05, 3.63) is 39.3 Å². The Morgan fingerprint density at radius 2 is 2.30 bits per heavy atom. The third kappa shape index (κ3) is 3.64. The Balaban J connectivity index is 1.64. The van der Waals surface area contributed by atoms with Crippen molar-refractivity contribution < 1.29 is 9.90 Å². The van der Waals surface area contributed by atoms with E-state index in [1.165, 1.54) is 4.88 Å². The third-order valence-corrected chi connectivity index (χ3v) is 5.31. The van der Waals surface area contributed by atoms with E-state index in [0.29, 0.717) is 12.2 Å². The normalized spacial score (nSPS) is 15.2. The number of aliphatic hydroxyl groups is 1. The standard InChI is InChI=1S/C17H23N3O2S/c1-20-16(14-6-2-3-7-15(14)19-20)17(22)18-10-12(11-21)9-13-5-4-8-23-13/h4-5,8,12,21H,2-3,6-7,9-11H2,1H3,(H,18,22)/t12-/m0/s1. The third-order valence-electron chi connectivity index (χ3n) is 4.41. The Kier molecular flexibility index (Phi) is 5.13. The SMILES string of the molecule is Cn1nc2c(c1C(=O)NC[C@@H](CO)Cc1cccs1)CCCC2. The number of aromatic nitrogens is 2. The molecule has 6 heteroatoms. The molecule has 0 unspecified atom stereocenters. The fourth-order valence-corrected chi connectivity index (χ4v) is 4.02. The second-order valence-corrected chi connectivity index (χ2v) is 7.18. The van der Waals surface area contributed by atoms with Crippen LogP contribution in [0, 0.1) is 5.92 Å². The first-order valence-corrected chi connectivity index (χ1v) is 9.03. The quantitative estimate of drug-likeness (QED) is 0.849. The molecule has 1 atom stereocenters. The molecule has 0 aromatic carbocycles. The maximum Gasteiger partial charge on any atom is 0.269 e. The number of fused-ring (bicyclic) bond motifs is 1. The summed E-state index contributed by atoms with van der Waals surface area (Å²) in [5.41, 5.74) is 2.86. The van der Waals surface area contributed by atoms with Crippen LogP contribution >= 0.6 is 11.3 Å². The van der Waals surface area contributed by atoms with Crippen molar-refractivity contribution in [3.8, 4) is 0 Å². The van der Waals surface area contributed by atoms with Gasteiger partial charge in [0.2, 0.25) is 0 Å². The molecule has 2 aromatic rings. The van der Waals surface area contributed by atoms with Gasteiger partial charge in [0.25, 0.3) is 5.91 Å². The Morgan fingerprint density at radius 3 is 3.04 bits per heavy atom. The minimum Gasteiger partial charge on any atom is -0.396 e. The van der Waals surface area contributed by atoms with Gasteiger partial charge in [-0.25, -0.2) is 0 Å². The van der Waals surface area contributed by atoms with Crippen molar-refractivity contribution in [3.63, 3.8) is 0 Å². The maximum atomic E-state index is 12.6. The molecule has 0 radical (unpaired) electrons. The van der Waals surface area contributed by atoms with Crippen molar-refractivity contribution in [1.82, 2.24) is 15.1 Å². The topological polar surface area (TPSA) is 67.2 Å². The first-order valence-electron chi connectivity index (χ1n) is 8.15. The van der Waals surface area contributed by atoms with Crippen LogP contribution in [0.5, 0.6) is 0 Å². The Labute approximate surface area is 140 Å².